The molecule has 0 aliphatic heterocycles. The van der Waals surface area contributed by atoms with Crippen LogP contribution in [0.5, 0.6) is 0 Å². The standard InChI is InChI=1S/C19H21FN2O2/c1-14-17(21)11-10-16(18(14)20)9-5-6-12-22-19(23)24-13-15-7-3-2-4-8-15/h2-5,7-11H,6,12-13,21H2,1H3,(H,22,23). The molecule has 2 aromatic rings. The maximum atomic E-state index is 13.9. The number of carbonyl (C=O) groups is 1. The first kappa shape index (κ1) is 17.5. The van der Waals surface area contributed by atoms with Crippen molar-refractivity contribution in [2.24, 2.45) is 0 Å². The average molecular weight is 328 g/mol. The largest absolute Gasteiger partial charge is 0.445 e. The number of nitrogen functional groups attached to an aromatic ring is 1. The second-order valence-corrected chi connectivity index (χ2v) is 5.36. The fourth-order valence-corrected chi connectivity index (χ4v) is 2.09. The molecule has 24 heavy (non-hydrogen) atoms. The van der Waals surface area contributed by atoms with Crippen LogP contribution in [0.1, 0.15) is 23.1 Å². The Morgan fingerprint density at radius 1 is 1.25 bits per heavy atom. The van der Waals surface area contributed by atoms with Gasteiger partial charge in [-0.05, 0) is 31.0 Å². The van der Waals surface area contributed by atoms with E-state index in [1.807, 2.05) is 30.3 Å². The lowest BCUT2D eigenvalue weighted by atomic mass is 10.1. The van der Waals surface area contributed by atoms with Gasteiger partial charge in [0, 0.05) is 23.4 Å². The molecule has 0 atom stereocenters. The Morgan fingerprint density at radius 3 is 2.75 bits per heavy atom. The third-order valence-corrected chi connectivity index (χ3v) is 3.55. The summed E-state index contributed by atoms with van der Waals surface area (Å²) in [5, 5.41) is 2.65. The Labute approximate surface area is 141 Å². The van der Waals surface area contributed by atoms with Crippen molar-refractivity contribution in [1.29, 1.82) is 0 Å². The fourth-order valence-electron chi connectivity index (χ4n) is 2.09. The molecule has 1 amide bonds. The van der Waals surface area contributed by atoms with Gasteiger partial charge in [-0.15, -0.1) is 0 Å². The summed E-state index contributed by atoms with van der Waals surface area (Å²) in [6, 6.07) is 12.8. The first-order valence-electron chi connectivity index (χ1n) is 7.73. The number of ether oxygens (including phenoxy) is 1. The Kier molecular flexibility index (Phi) is 6.37. The van der Waals surface area contributed by atoms with Crippen LogP contribution in [-0.4, -0.2) is 12.6 Å². The molecule has 5 heteroatoms. The SMILES string of the molecule is Cc1c(N)ccc(C=CCCNC(=O)OCc2ccccc2)c1F. The van der Waals surface area contributed by atoms with E-state index in [4.69, 9.17) is 10.5 Å². The van der Waals surface area contributed by atoms with Gasteiger partial charge in [0.2, 0.25) is 0 Å². The van der Waals surface area contributed by atoms with Crippen molar-refractivity contribution in [2.45, 2.75) is 20.0 Å². The summed E-state index contributed by atoms with van der Waals surface area (Å²) in [7, 11) is 0. The quantitative estimate of drug-likeness (QED) is 0.621. The van der Waals surface area contributed by atoms with Crippen molar-refractivity contribution in [3.63, 3.8) is 0 Å². The number of benzene rings is 2. The van der Waals surface area contributed by atoms with Crippen molar-refractivity contribution < 1.29 is 13.9 Å². The topological polar surface area (TPSA) is 64.3 Å². The molecule has 0 heterocycles. The van der Waals surface area contributed by atoms with Crippen LogP contribution in [0.3, 0.4) is 0 Å². The summed E-state index contributed by atoms with van der Waals surface area (Å²) in [6.45, 7) is 2.30. The molecule has 0 spiro atoms. The number of hydrogen-bond donors (Lipinski definition) is 2. The Hall–Kier alpha value is -2.82. The highest BCUT2D eigenvalue weighted by atomic mass is 19.1. The zero-order chi connectivity index (χ0) is 17.4. The molecule has 2 rings (SSSR count). The van der Waals surface area contributed by atoms with Gasteiger partial charge < -0.3 is 15.8 Å². The number of alkyl carbamates (subject to hydrolysis) is 1. The van der Waals surface area contributed by atoms with Crippen molar-refractivity contribution in [3.8, 4) is 0 Å². The molecule has 0 radical (unpaired) electrons. The number of rotatable bonds is 6. The lowest BCUT2D eigenvalue weighted by molar-refractivity contribution is 0.140. The lowest BCUT2D eigenvalue weighted by Crippen LogP contribution is -2.24. The van der Waals surface area contributed by atoms with Gasteiger partial charge in [-0.1, -0.05) is 42.5 Å². The smallest absolute Gasteiger partial charge is 0.407 e. The molecule has 3 N–H and O–H groups in total. The molecule has 0 aromatic heterocycles. The van der Waals surface area contributed by atoms with Gasteiger partial charge in [0.05, 0.1) is 0 Å². The van der Waals surface area contributed by atoms with E-state index in [2.05, 4.69) is 5.32 Å². The Balaban J connectivity index is 1.71. The zero-order valence-corrected chi connectivity index (χ0v) is 13.6. The summed E-state index contributed by atoms with van der Waals surface area (Å²) < 4.78 is 19.0. The van der Waals surface area contributed by atoms with Gasteiger partial charge in [-0.2, -0.15) is 0 Å². The second-order valence-electron chi connectivity index (χ2n) is 5.36. The highest BCUT2D eigenvalue weighted by Gasteiger charge is 2.05. The minimum atomic E-state index is -0.471. The van der Waals surface area contributed by atoms with Crippen LogP contribution in [0.2, 0.25) is 0 Å². The van der Waals surface area contributed by atoms with Crippen LogP contribution < -0.4 is 11.1 Å². The zero-order valence-electron chi connectivity index (χ0n) is 13.6. The first-order valence-corrected chi connectivity index (χ1v) is 7.73. The molecule has 2 aromatic carbocycles. The number of amides is 1. The monoisotopic (exact) mass is 328 g/mol. The summed E-state index contributed by atoms with van der Waals surface area (Å²) in [6.07, 6.45) is 3.58. The van der Waals surface area contributed by atoms with Gasteiger partial charge in [0.25, 0.3) is 0 Å². The van der Waals surface area contributed by atoms with E-state index in [9.17, 15) is 9.18 Å². The van der Waals surface area contributed by atoms with Crippen molar-refractivity contribution in [3.05, 3.63) is 71.0 Å². The van der Waals surface area contributed by atoms with E-state index in [0.717, 1.165) is 5.56 Å². The average Bonchev–Trinajstić information content (AvgIpc) is 2.60. The minimum absolute atomic E-state index is 0.235. The number of anilines is 1. The fraction of sp³-hybridized carbons (Fsp3) is 0.211. The number of hydrogen-bond acceptors (Lipinski definition) is 3. The van der Waals surface area contributed by atoms with Gasteiger partial charge in [-0.25, -0.2) is 9.18 Å². The predicted molar refractivity (Wildman–Crippen MR) is 93.8 cm³/mol. The molecule has 0 aliphatic carbocycles. The molecule has 0 fully saturated rings. The second kappa shape index (κ2) is 8.72. The summed E-state index contributed by atoms with van der Waals surface area (Å²) in [5.74, 6) is -0.318. The number of nitrogens with one attached hydrogen (secondary N) is 1. The van der Waals surface area contributed by atoms with Crippen molar-refractivity contribution in [1.82, 2.24) is 5.32 Å². The van der Waals surface area contributed by atoms with Crippen LogP contribution >= 0.6 is 0 Å². The van der Waals surface area contributed by atoms with Crippen molar-refractivity contribution in [2.75, 3.05) is 12.3 Å². The Bertz CT molecular complexity index is 715. The summed E-state index contributed by atoms with van der Waals surface area (Å²) >= 11 is 0. The maximum Gasteiger partial charge on any atom is 0.407 e. The molecular weight excluding hydrogens is 307 g/mol. The van der Waals surface area contributed by atoms with Gasteiger partial charge in [0.1, 0.15) is 12.4 Å². The molecule has 126 valence electrons. The molecular formula is C19H21FN2O2. The molecule has 4 nitrogen and oxygen atoms in total. The number of halogens is 1. The Morgan fingerprint density at radius 2 is 2.00 bits per heavy atom. The van der Waals surface area contributed by atoms with E-state index in [1.54, 1.807) is 31.2 Å². The van der Waals surface area contributed by atoms with Crippen LogP contribution in [0.4, 0.5) is 14.9 Å². The third-order valence-electron chi connectivity index (χ3n) is 3.55. The molecule has 0 saturated heterocycles. The molecule has 0 aliphatic rings. The summed E-state index contributed by atoms with van der Waals surface area (Å²) in [5.41, 5.74) is 7.94. The van der Waals surface area contributed by atoms with E-state index in [1.165, 1.54) is 0 Å². The van der Waals surface area contributed by atoms with E-state index < -0.39 is 6.09 Å². The van der Waals surface area contributed by atoms with Crippen LogP contribution in [0, 0.1) is 12.7 Å². The van der Waals surface area contributed by atoms with Crippen LogP contribution in [0.25, 0.3) is 6.08 Å². The normalized spacial score (nSPS) is 10.8. The van der Waals surface area contributed by atoms with E-state index in [0.29, 0.717) is 29.8 Å². The summed E-state index contributed by atoms with van der Waals surface area (Å²) in [4.78, 5) is 11.6. The first-order chi connectivity index (χ1) is 11.6. The molecule has 0 bridgehead atoms. The molecule has 0 saturated carbocycles. The minimum Gasteiger partial charge on any atom is -0.445 e. The van der Waals surface area contributed by atoms with Crippen LogP contribution in [-0.2, 0) is 11.3 Å². The van der Waals surface area contributed by atoms with Gasteiger partial charge >= 0.3 is 6.09 Å². The lowest BCUT2D eigenvalue weighted by Gasteiger charge is -2.06. The maximum absolute atomic E-state index is 13.9. The number of carbonyl (C=O) groups excluding carboxylic acids is 1. The van der Waals surface area contributed by atoms with Gasteiger partial charge in [-0.3, -0.25) is 0 Å². The van der Waals surface area contributed by atoms with E-state index >= 15 is 0 Å². The third kappa shape index (κ3) is 5.12. The number of nitrogens with two attached hydrogens (primary N) is 1. The van der Waals surface area contributed by atoms with Gasteiger partial charge in [0.15, 0.2) is 0 Å². The van der Waals surface area contributed by atoms with E-state index in [-0.39, 0.29) is 12.4 Å². The highest BCUT2D eigenvalue weighted by Crippen LogP contribution is 2.19. The highest BCUT2D eigenvalue weighted by molar-refractivity contribution is 5.67. The predicted octanol–water partition coefficient (Wildman–Crippen LogP) is 4.05. The van der Waals surface area contributed by atoms with Crippen molar-refractivity contribution >= 4 is 17.9 Å². The molecule has 0 unspecified atom stereocenters. The van der Waals surface area contributed by atoms with Crippen LogP contribution in [0.15, 0.2) is 48.5 Å².